The lowest BCUT2D eigenvalue weighted by atomic mass is 9.94. The maximum atomic E-state index is 12.7. The molecule has 3 heterocycles. The third-order valence-electron chi connectivity index (χ3n) is 5.75. The van der Waals surface area contributed by atoms with Gasteiger partial charge in [-0.1, -0.05) is 23.4 Å². The lowest BCUT2D eigenvalue weighted by molar-refractivity contribution is -0.130. The number of aliphatic hydroxyl groups is 1. The van der Waals surface area contributed by atoms with Gasteiger partial charge in [0.2, 0.25) is 5.91 Å². The Morgan fingerprint density at radius 2 is 2.07 bits per heavy atom. The number of nitrogens with zero attached hydrogens (tertiary/aromatic N) is 3. The van der Waals surface area contributed by atoms with Crippen molar-refractivity contribution in [1.82, 2.24) is 15.0 Å². The molecule has 0 aliphatic carbocycles. The average Bonchev–Trinajstić information content (AvgIpc) is 3.22. The molecule has 6 nitrogen and oxygen atoms in total. The zero-order chi connectivity index (χ0) is 19.7. The molecule has 4 rings (SSSR count). The van der Waals surface area contributed by atoms with Crippen LogP contribution in [0.25, 0.3) is 10.9 Å². The molecule has 1 aliphatic rings. The second kappa shape index (κ2) is 7.72. The van der Waals surface area contributed by atoms with E-state index in [1.54, 1.807) is 4.90 Å². The minimum absolute atomic E-state index is 0.0359. The van der Waals surface area contributed by atoms with E-state index in [1.165, 1.54) is 5.56 Å². The molecule has 1 N–H and O–H groups in total. The summed E-state index contributed by atoms with van der Waals surface area (Å²) in [5.41, 5.74) is 3.97. The van der Waals surface area contributed by atoms with Crippen LogP contribution in [0.4, 0.5) is 0 Å². The summed E-state index contributed by atoms with van der Waals surface area (Å²) in [4.78, 5) is 18.9. The van der Waals surface area contributed by atoms with Crippen LogP contribution in [0, 0.1) is 19.8 Å². The van der Waals surface area contributed by atoms with Crippen molar-refractivity contribution in [3.05, 3.63) is 59.1 Å². The maximum absolute atomic E-state index is 12.7. The first kappa shape index (κ1) is 18.6. The van der Waals surface area contributed by atoms with E-state index >= 15 is 0 Å². The first-order valence-electron chi connectivity index (χ1n) is 9.73. The lowest BCUT2D eigenvalue weighted by Crippen LogP contribution is -2.29. The van der Waals surface area contributed by atoms with E-state index in [0.717, 1.165) is 34.3 Å². The SMILES string of the molecule is Cc1noc(C)c1CCC(=O)N1C[C@@H](Cc2ccnc3ccccc23)[C@@H](O)C1. The number of aryl methyl sites for hydroxylation is 2. The van der Waals surface area contributed by atoms with E-state index in [2.05, 4.69) is 16.2 Å². The van der Waals surface area contributed by atoms with Crippen molar-refractivity contribution in [2.45, 2.75) is 39.2 Å². The van der Waals surface area contributed by atoms with Crippen molar-refractivity contribution < 1.29 is 14.4 Å². The van der Waals surface area contributed by atoms with Gasteiger partial charge in [-0.25, -0.2) is 0 Å². The van der Waals surface area contributed by atoms with Gasteiger partial charge in [-0.15, -0.1) is 0 Å². The fourth-order valence-electron chi connectivity index (χ4n) is 4.12. The number of carbonyl (C=O) groups is 1. The highest BCUT2D eigenvalue weighted by Crippen LogP contribution is 2.26. The normalized spacial score (nSPS) is 19.5. The van der Waals surface area contributed by atoms with Crippen LogP contribution in [0.2, 0.25) is 0 Å². The molecule has 0 bridgehead atoms. The number of carbonyl (C=O) groups excluding carboxylic acids is 1. The Labute approximate surface area is 164 Å². The fourth-order valence-corrected chi connectivity index (χ4v) is 4.12. The molecule has 3 aromatic rings. The molecule has 1 aromatic carbocycles. The molecule has 146 valence electrons. The standard InChI is InChI=1S/C22H25N3O3/c1-14-18(15(2)28-24-14)7-8-22(27)25-12-17(21(26)13-25)11-16-9-10-23-20-6-4-3-5-19(16)20/h3-6,9-10,17,21,26H,7-8,11-13H2,1-2H3/t17-,21+/m1/s1. The average molecular weight is 379 g/mol. The summed E-state index contributed by atoms with van der Waals surface area (Å²) in [6.45, 7) is 4.74. The number of para-hydroxylation sites is 1. The molecule has 1 fully saturated rings. The van der Waals surface area contributed by atoms with Crippen molar-refractivity contribution in [1.29, 1.82) is 0 Å². The number of hydrogen-bond acceptors (Lipinski definition) is 5. The first-order chi connectivity index (χ1) is 13.5. The van der Waals surface area contributed by atoms with Crippen molar-refractivity contribution in [3.63, 3.8) is 0 Å². The van der Waals surface area contributed by atoms with Crippen LogP contribution in [-0.2, 0) is 17.6 Å². The first-order valence-corrected chi connectivity index (χ1v) is 9.73. The quantitative estimate of drug-likeness (QED) is 0.737. The minimum atomic E-state index is -0.505. The molecule has 2 atom stereocenters. The maximum Gasteiger partial charge on any atom is 0.223 e. The van der Waals surface area contributed by atoms with Gasteiger partial charge in [0.15, 0.2) is 0 Å². The van der Waals surface area contributed by atoms with E-state index in [4.69, 9.17) is 4.52 Å². The second-order valence-corrected chi connectivity index (χ2v) is 7.62. The fraction of sp³-hybridized carbons (Fsp3) is 0.409. The summed E-state index contributed by atoms with van der Waals surface area (Å²) in [6.07, 6.45) is 3.06. The number of aliphatic hydroxyl groups excluding tert-OH is 1. The van der Waals surface area contributed by atoms with Crippen LogP contribution >= 0.6 is 0 Å². The van der Waals surface area contributed by atoms with E-state index in [9.17, 15) is 9.90 Å². The Bertz CT molecular complexity index is 973. The second-order valence-electron chi connectivity index (χ2n) is 7.62. The van der Waals surface area contributed by atoms with Gasteiger partial charge in [-0.2, -0.15) is 0 Å². The zero-order valence-corrected chi connectivity index (χ0v) is 16.3. The predicted octanol–water partition coefficient (Wildman–Crippen LogP) is 2.83. The molecule has 0 radical (unpaired) electrons. The third-order valence-corrected chi connectivity index (χ3v) is 5.75. The molecule has 1 saturated heterocycles. The monoisotopic (exact) mass is 379 g/mol. The number of amides is 1. The topological polar surface area (TPSA) is 79.5 Å². The summed E-state index contributed by atoms with van der Waals surface area (Å²) in [5, 5.41) is 15.6. The van der Waals surface area contributed by atoms with E-state index in [-0.39, 0.29) is 11.8 Å². The summed E-state index contributed by atoms with van der Waals surface area (Å²) >= 11 is 0. The highest BCUT2D eigenvalue weighted by Gasteiger charge is 2.34. The summed E-state index contributed by atoms with van der Waals surface area (Å²) < 4.78 is 5.17. The molecule has 0 saturated carbocycles. The highest BCUT2D eigenvalue weighted by atomic mass is 16.5. The van der Waals surface area contributed by atoms with E-state index < -0.39 is 6.10 Å². The van der Waals surface area contributed by atoms with Gasteiger partial charge in [0.25, 0.3) is 0 Å². The number of β-amino-alcohol motifs (C(OH)–C–C–N with tert-alkyl or cyclic N) is 1. The number of likely N-dealkylation sites (tertiary alicyclic amines) is 1. The molecular formula is C22H25N3O3. The number of rotatable bonds is 5. The lowest BCUT2D eigenvalue weighted by Gasteiger charge is -2.16. The van der Waals surface area contributed by atoms with Gasteiger partial charge in [0.1, 0.15) is 5.76 Å². The van der Waals surface area contributed by atoms with Crippen molar-refractivity contribution >= 4 is 16.8 Å². The van der Waals surface area contributed by atoms with E-state index in [1.807, 2.05) is 44.3 Å². The smallest absolute Gasteiger partial charge is 0.223 e. The number of pyridine rings is 1. The minimum Gasteiger partial charge on any atom is -0.391 e. The number of fused-ring (bicyclic) bond motifs is 1. The van der Waals surface area contributed by atoms with Crippen LogP contribution in [0.15, 0.2) is 41.1 Å². The number of hydrogen-bond donors (Lipinski definition) is 1. The Morgan fingerprint density at radius 3 is 2.86 bits per heavy atom. The Morgan fingerprint density at radius 1 is 1.25 bits per heavy atom. The van der Waals surface area contributed by atoms with Crippen LogP contribution in [0.3, 0.4) is 0 Å². The number of benzene rings is 1. The molecule has 1 aliphatic heterocycles. The van der Waals surface area contributed by atoms with Crippen LogP contribution in [0.5, 0.6) is 0 Å². The Balaban J connectivity index is 1.41. The highest BCUT2D eigenvalue weighted by molar-refractivity contribution is 5.82. The van der Waals surface area contributed by atoms with Gasteiger partial charge >= 0.3 is 0 Å². The molecular weight excluding hydrogens is 354 g/mol. The number of aromatic nitrogens is 2. The van der Waals surface area contributed by atoms with Crippen molar-refractivity contribution in [3.8, 4) is 0 Å². The molecule has 0 spiro atoms. The summed E-state index contributed by atoms with van der Waals surface area (Å²) in [7, 11) is 0. The molecule has 2 aromatic heterocycles. The van der Waals surface area contributed by atoms with Gasteiger partial charge < -0.3 is 14.5 Å². The van der Waals surface area contributed by atoms with Gasteiger partial charge in [-0.05, 0) is 44.4 Å². The Hall–Kier alpha value is -2.73. The van der Waals surface area contributed by atoms with E-state index in [0.29, 0.717) is 25.9 Å². The third kappa shape index (κ3) is 3.64. The van der Waals surface area contributed by atoms with Crippen LogP contribution in [-0.4, -0.2) is 45.2 Å². The molecule has 0 unspecified atom stereocenters. The van der Waals surface area contributed by atoms with Crippen LogP contribution in [0.1, 0.15) is 29.0 Å². The Kier molecular flexibility index (Phi) is 5.13. The van der Waals surface area contributed by atoms with Crippen molar-refractivity contribution in [2.75, 3.05) is 13.1 Å². The van der Waals surface area contributed by atoms with Gasteiger partial charge in [-0.3, -0.25) is 9.78 Å². The van der Waals surface area contributed by atoms with Crippen molar-refractivity contribution in [2.24, 2.45) is 5.92 Å². The van der Waals surface area contributed by atoms with Gasteiger partial charge in [0, 0.05) is 42.6 Å². The summed E-state index contributed by atoms with van der Waals surface area (Å²) in [5.74, 6) is 0.879. The van der Waals surface area contributed by atoms with Gasteiger partial charge in [0.05, 0.1) is 17.3 Å². The molecule has 1 amide bonds. The predicted molar refractivity (Wildman–Crippen MR) is 106 cm³/mol. The summed E-state index contributed by atoms with van der Waals surface area (Å²) in [6, 6.07) is 10.0. The molecule has 28 heavy (non-hydrogen) atoms. The van der Waals surface area contributed by atoms with Crippen LogP contribution < -0.4 is 0 Å². The largest absolute Gasteiger partial charge is 0.391 e. The molecule has 6 heteroatoms. The zero-order valence-electron chi connectivity index (χ0n) is 16.3.